The number of hydrogen-bond acceptors (Lipinski definition) is 4. The Morgan fingerprint density at radius 3 is 2.78 bits per heavy atom. The van der Waals surface area contributed by atoms with Crippen molar-refractivity contribution in [1.82, 2.24) is 0 Å². The lowest BCUT2D eigenvalue weighted by Gasteiger charge is -2.29. The molecule has 0 saturated heterocycles. The van der Waals surface area contributed by atoms with Gasteiger partial charge in [0, 0.05) is 24.7 Å². The lowest BCUT2D eigenvalue weighted by atomic mass is 10.0. The molecule has 0 N–H and O–H groups in total. The van der Waals surface area contributed by atoms with Gasteiger partial charge in [0.1, 0.15) is 5.75 Å². The predicted molar refractivity (Wildman–Crippen MR) is 105 cm³/mol. The van der Waals surface area contributed by atoms with Crippen LogP contribution in [0.15, 0.2) is 42.5 Å². The van der Waals surface area contributed by atoms with E-state index < -0.39 is 0 Å². The Morgan fingerprint density at radius 2 is 1.93 bits per heavy atom. The summed E-state index contributed by atoms with van der Waals surface area (Å²) in [6.45, 7) is 2.04. The number of hydrogen-bond donors (Lipinski definition) is 0. The summed E-state index contributed by atoms with van der Waals surface area (Å²) in [5.74, 6) is 2.30. The largest absolute Gasteiger partial charge is 0.497 e. The van der Waals surface area contributed by atoms with Crippen LogP contribution < -0.4 is 19.1 Å². The second-order valence-corrected chi connectivity index (χ2v) is 6.68. The average molecular weight is 365 g/mol. The highest BCUT2D eigenvalue weighted by Crippen LogP contribution is 2.32. The van der Waals surface area contributed by atoms with Crippen LogP contribution in [0.1, 0.15) is 24.0 Å². The summed E-state index contributed by atoms with van der Waals surface area (Å²) in [6, 6.07) is 11.6. The number of nitrogens with zero attached hydrogens (tertiary/aromatic N) is 1. The van der Waals surface area contributed by atoms with E-state index >= 15 is 0 Å². The smallest absolute Gasteiger partial charge is 0.250 e. The van der Waals surface area contributed by atoms with Gasteiger partial charge in [-0.05, 0) is 60.4 Å². The zero-order valence-electron chi connectivity index (χ0n) is 15.4. The molecule has 2 aliphatic rings. The first-order valence-electron chi connectivity index (χ1n) is 9.31. The molecular weight excluding hydrogens is 342 g/mol. The molecule has 0 aliphatic carbocycles. The fourth-order valence-electron chi connectivity index (χ4n) is 3.47. The highest BCUT2D eigenvalue weighted by Gasteiger charge is 2.21. The lowest BCUT2D eigenvalue weighted by molar-refractivity contribution is -0.114. The zero-order chi connectivity index (χ0) is 18.6. The van der Waals surface area contributed by atoms with Crippen molar-refractivity contribution in [3.05, 3.63) is 53.6 Å². The normalized spacial score (nSPS) is 16.0. The summed E-state index contributed by atoms with van der Waals surface area (Å²) in [4.78, 5) is 14.6. The molecule has 0 aromatic heterocycles. The SMILES string of the molecule is COc1ccc2c(c1)CCCN2C(=O)/C=C/c1ccc2c(c1)OCCCO2. The molecule has 140 valence electrons. The van der Waals surface area contributed by atoms with E-state index in [1.54, 1.807) is 13.2 Å². The Hall–Kier alpha value is -2.95. The van der Waals surface area contributed by atoms with E-state index in [4.69, 9.17) is 14.2 Å². The van der Waals surface area contributed by atoms with E-state index in [0.717, 1.165) is 59.9 Å². The molecule has 2 heterocycles. The van der Waals surface area contributed by atoms with Crippen LogP contribution in [-0.4, -0.2) is 32.8 Å². The predicted octanol–water partition coefficient (Wildman–Crippen LogP) is 3.85. The van der Waals surface area contributed by atoms with Crippen LogP contribution in [0.3, 0.4) is 0 Å². The monoisotopic (exact) mass is 365 g/mol. The van der Waals surface area contributed by atoms with Crippen molar-refractivity contribution >= 4 is 17.7 Å². The zero-order valence-corrected chi connectivity index (χ0v) is 15.4. The standard InChI is InChI=1S/C22H23NO4/c1-25-18-7-8-19-17(15-18)4-2-11-23(19)22(24)10-6-16-5-9-20-21(14-16)27-13-3-12-26-20/h5-10,14-15H,2-4,11-13H2,1H3/b10-6+. The van der Waals surface area contributed by atoms with Crippen LogP contribution >= 0.6 is 0 Å². The van der Waals surface area contributed by atoms with Crippen LogP contribution in [0.2, 0.25) is 0 Å². The Morgan fingerprint density at radius 1 is 1.07 bits per heavy atom. The van der Waals surface area contributed by atoms with Crippen molar-refractivity contribution in [1.29, 1.82) is 0 Å². The summed E-state index contributed by atoms with van der Waals surface area (Å²) in [5, 5.41) is 0. The van der Waals surface area contributed by atoms with Crippen LogP contribution in [0.4, 0.5) is 5.69 Å². The molecule has 0 saturated carbocycles. The minimum Gasteiger partial charge on any atom is -0.497 e. The average Bonchev–Trinajstić information content (AvgIpc) is 2.96. The molecular formula is C22H23NO4. The van der Waals surface area contributed by atoms with E-state index in [1.165, 1.54) is 0 Å². The number of amides is 1. The Balaban J connectivity index is 1.52. The van der Waals surface area contributed by atoms with E-state index in [-0.39, 0.29) is 5.91 Å². The second kappa shape index (κ2) is 7.74. The second-order valence-electron chi connectivity index (χ2n) is 6.68. The third-order valence-corrected chi connectivity index (χ3v) is 4.86. The highest BCUT2D eigenvalue weighted by atomic mass is 16.5. The summed E-state index contributed by atoms with van der Waals surface area (Å²) >= 11 is 0. The number of aryl methyl sites for hydroxylation is 1. The molecule has 5 nitrogen and oxygen atoms in total. The Kier molecular flexibility index (Phi) is 5.01. The number of methoxy groups -OCH3 is 1. The molecule has 2 aromatic rings. The molecule has 1 amide bonds. The fraction of sp³-hybridized carbons (Fsp3) is 0.318. The minimum atomic E-state index is -0.0202. The molecule has 0 bridgehead atoms. The molecule has 0 fully saturated rings. The summed E-state index contributed by atoms with van der Waals surface area (Å²) in [5.41, 5.74) is 3.04. The van der Waals surface area contributed by atoms with Gasteiger partial charge < -0.3 is 19.1 Å². The Bertz CT molecular complexity index is 875. The van der Waals surface area contributed by atoms with Gasteiger partial charge in [0.15, 0.2) is 11.5 Å². The van der Waals surface area contributed by atoms with Crippen molar-refractivity contribution in [2.75, 3.05) is 31.8 Å². The van der Waals surface area contributed by atoms with Gasteiger partial charge in [-0.3, -0.25) is 4.79 Å². The number of ether oxygens (including phenoxy) is 3. The molecule has 0 radical (unpaired) electrons. The number of anilines is 1. The van der Waals surface area contributed by atoms with E-state index in [2.05, 4.69) is 0 Å². The molecule has 27 heavy (non-hydrogen) atoms. The van der Waals surface area contributed by atoms with Gasteiger partial charge in [-0.2, -0.15) is 0 Å². The van der Waals surface area contributed by atoms with Crippen molar-refractivity contribution in [2.24, 2.45) is 0 Å². The maximum atomic E-state index is 12.8. The lowest BCUT2D eigenvalue weighted by Crippen LogP contribution is -2.34. The van der Waals surface area contributed by atoms with Gasteiger partial charge in [-0.15, -0.1) is 0 Å². The molecule has 5 heteroatoms. The van der Waals surface area contributed by atoms with Gasteiger partial charge in [-0.25, -0.2) is 0 Å². The molecule has 0 spiro atoms. The minimum absolute atomic E-state index is 0.0202. The maximum Gasteiger partial charge on any atom is 0.250 e. The summed E-state index contributed by atoms with van der Waals surface area (Å²) in [6.07, 6.45) is 6.23. The van der Waals surface area contributed by atoms with Crippen LogP contribution in [-0.2, 0) is 11.2 Å². The highest BCUT2D eigenvalue weighted by molar-refractivity contribution is 6.04. The topological polar surface area (TPSA) is 48.0 Å². The van der Waals surface area contributed by atoms with Crippen molar-refractivity contribution < 1.29 is 19.0 Å². The number of carbonyl (C=O) groups excluding carboxylic acids is 1. The third-order valence-electron chi connectivity index (χ3n) is 4.86. The first-order valence-corrected chi connectivity index (χ1v) is 9.31. The van der Waals surface area contributed by atoms with E-state index in [1.807, 2.05) is 47.4 Å². The Labute approximate surface area is 159 Å². The van der Waals surface area contributed by atoms with E-state index in [9.17, 15) is 4.79 Å². The first-order chi connectivity index (χ1) is 13.2. The van der Waals surface area contributed by atoms with Gasteiger partial charge >= 0.3 is 0 Å². The number of fused-ring (bicyclic) bond motifs is 2. The van der Waals surface area contributed by atoms with Gasteiger partial charge in [0.05, 0.1) is 20.3 Å². The molecule has 2 aliphatic heterocycles. The van der Waals surface area contributed by atoms with Crippen LogP contribution in [0.5, 0.6) is 17.2 Å². The van der Waals surface area contributed by atoms with Crippen LogP contribution in [0, 0.1) is 0 Å². The van der Waals surface area contributed by atoms with Crippen molar-refractivity contribution in [3.8, 4) is 17.2 Å². The van der Waals surface area contributed by atoms with Crippen molar-refractivity contribution in [2.45, 2.75) is 19.3 Å². The maximum absolute atomic E-state index is 12.8. The van der Waals surface area contributed by atoms with Crippen molar-refractivity contribution in [3.63, 3.8) is 0 Å². The number of carbonyl (C=O) groups is 1. The quantitative estimate of drug-likeness (QED) is 0.775. The third kappa shape index (κ3) is 3.77. The fourth-order valence-corrected chi connectivity index (χ4v) is 3.47. The van der Waals surface area contributed by atoms with Gasteiger partial charge in [-0.1, -0.05) is 6.07 Å². The molecule has 4 rings (SSSR count). The van der Waals surface area contributed by atoms with Gasteiger partial charge in [0.2, 0.25) is 0 Å². The number of benzene rings is 2. The molecule has 0 atom stereocenters. The molecule has 2 aromatic carbocycles. The van der Waals surface area contributed by atoms with E-state index in [0.29, 0.717) is 13.2 Å². The van der Waals surface area contributed by atoms with Gasteiger partial charge in [0.25, 0.3) is 5.91 Å². The number of rotatable bonds is 3. The molecule has 0 unspecified atom stereocenters. The van der Waals surface area contributed by atoms with Crippen LogP contribution in [0.25, 0.3) is 6.08 Å². The summed E-state index contributed by atoms with van der Waals surface area (Å²) in [7, 11) is 1.66. The first kappa shape index (κ1) is 17.5. The summed E-state index contributed by atoms with van der Waals surface area (Å²) < 4.78 is 16.7.